The van der Waals surface area contributed by atoms with Gasteiger partial charge >= 0.3 is 0 Å². The summed E-state index contributed by atoms with van der Waals surface area (Å²) in [6.45, 7) is 3.94. The zero-order chi connectivity index (χ0) is 23.4. The second-order valence-corrected chi connectivity index (χ2v) is 10.5. The predicted molar refractivity (Wildman–Crippen MR) is 131 cm³/mol. The Balaban J connectivity index is 1.12. The lowest BCUT2D eigenvalue weighted by molar-refractivity contribution is 0.0958. The number of pyridine rings is 1. The maximum Gasteiger partial charge on any atom is 0.269 e. The van der Waals surface area contributed by atoms with Gasteiger partial charge in [0.2, 0.25) is 0 Å². The molecule has 9 nitrogen and oxygen atoms in total. The first-order valence-corrected chi connectivity index (χ1v) is 12.5. The third-order valence-electron chi connectivity index (χ3n) is 8.49. The second kappa shape index (κ2) is 8.08. The molecule has 3 saturated heterocycles. The molecule has 7 rings (SSSR count). The van der Waals surface area contributed by atoms with Gasteiger partial charge in [-0.2, -0.15) is 0 Å². The number of hydrogen-bond donors (Lipinski definition) is 2. The zero-order valence-electron chi connectivity index (χ0n) is 20.0. The highest BCUT2D eigenvalue weighted by molar-refractivity contribution is 5.92. The quantitative estimate of drug-likeness (QED) is 0.705. The van der Waals surface area contributed by atoms with Gasteiger partial charge < -0.3 is 20.1 Å². The summed E-state index contributed by atoms with van der Waals surface area (Å²) in [5, 5.41) is 2.61. The number of aromatic nitrogens is 3. The van der Waals surface area contributed by atoms with E-state index in [1.165, 1.54) is 0 Å². The highest BCUT2D eigenvalue weighted by atomic mass is 16.1. The van der Waals surface area contributed by atoms with E-state index in [0.29, 0.717) is 17.8 Å². The van der Waals surface area contributed by atoms with Gasteiger partial charge in [0.05, 0.1) is 17.4 Å². The molecule has 1 aliphatic carbocycles. The van der Waals surface area contributed by atoms with Crippen molar-refractivity contribution in [2.24, 2.45) is 0 Å². The highest BCUT2D eigenvalue weighted by Gasteiger charge is 2.59. The molecule has 0 unspecified atom stereocenters. The van der Waals surface area contributed by atoms with Gasteiger partial charge in [-0.3, -0.25) is 14.5 Å². The van der Waals surface area contributed by atoms with Gasteiger partial charge in [0.15, 0.2) is 0 Å². The summed E-state index contributed by atoms with van der Waals surface area (Å²) in [4.78, 5) is 44.3. The van der Waals surface area contributed by atoms with E-state index in [9.17, 15) is 9.59 Å². The third-order valence-corrected chi connectivity index (χ3v) is 8.49. The van der Waals surface area contributed by atoms with Crippen LogP contribution in [0.2, 0.25) is 0 Å². The molecule has 2 bridgehead atoms. The molecule has 4 aliphatic heterocycles. The van der Waals surface area contributed by atoms with E-state index in [-0.39, 0.29) is 16.9 Å². The van der Waals surface area contributed by atoms with Crippen LogP contribution in [-0.4, -0.2) is 78.1 Å². The van der Waals surface area contributed by atoms with Crippen LogP contribution in [0, 0.1) is 0 Å². The minimum atomic E-state index is -0.159. The summed E-state index contributed by atoms with van der Waals surface area (Å²) >= 11 is 0. The number of aromatic amines is 1. The van der Waals surface area contributed by atoms with E-state index < -0.39 is 0 Å². The van der Waals surface area contributed by atoms with Gasteiger partial charge in [0.1, 0.15) is 17.3 Å². The van der Waals surface area contributed by atoms with Crippen molar-refractivity contribution in [1.82, 2.24) is 25.2 Å². The van der Waals surface area contributed by atoms with Gasteiger partial charge in [-0.25, -0.2) is 9.97 Å². The summed E-state index contributed by atoms with van der Waals surface area (Å²) < 4.78 is 0. The van der Waals surface area contributed by atoms with Gasteiger partial charge in [-0.1, -0.05) is 0 Å². The molecule has 1 saturated carbocycles. The van der Waals surface area contributed by atoms with E-state index >= 15 is 0 Å². The summed E-state index contributed by atoms with van der Waals surface area (Å²) in [7, 11) is 3.67. The van der Waals surface area contributed by atoms with Crippen LogP contribution in [0.4, 0.5) is 11.5 Å². The van der Waals surface area contributed by atoms with Crippen molar-refractivity contribution in [3.8, 4) is 0 Å². The molecule has 1 amide bonds. The molecule has 0 spiro atoms. The largest absolute Gasteiger partial charge is 0.370 e. The van der Waals surface area contributed by atoms with Crippen molar-refractivity contribution < 1.29 is 4.79 Å². The molecular formula is C25H33N7O2. The SMILES string of the molecule is CNC(=O)c1ccc(N2CCC(N3CC4(c5nc6c(c(=O)[nH]5)CCCN6C)CC3C4)CC2)cn1. The molecule has 0 atom stereocenters. The second-order valence-electron chi connectivity index (χ2n) is 10.5. The van der Waals surface area contributed by atoms with E-state index in [0.717, 1.165) is 87.6 Å². The number of anilines is 2. The summed E-state index contributed by atoms with van der Waals surface area (Å²) in [6.07, 6.45) is 8.07. The number of carbonyl (C=O) groups excluding carboxylic acids is 1. The number of rotatable bonds is 4. The van der Waals surface area contributed by atoms with Crippen molar-refractivity contribution in [1.29, 1.82) is 0 Å². The lowest BCUT2D eigenvalue weighted by Crippen LogP contribution is -2.46. The fourth-order valence-corrected chi connectivity index (χ4v) is 6.55. The zero-order valence-corrected chi connectivity index (χ0v) is 20.0. The van der Waals surface area contributed by atoms with E-state index in [4.69, 9.17) is 4.98 Å². The summed E-state index contributed by atoms with van der Waals surface area (Å²) in [6, 6.07) is 4.96. The Morgan fingerprint density at radius 2 is 1.97 bits per heavy atom. The molecule has 0 aromatic carbocycles. The van der Waals surface area contributed by atoms with Crippen LogP contribution in [0.5, 0.6) is 0 Å². The maximum atomic E-state index is 12.8. The van der Waals surface area contributed by atoms with Crippen LogP contribution >= 0.6 is 0 Å². The number of piperidine rings is 1. The van der Waals surface area contributed by atoms with Crippen LogP contribution in [0.15, 0.2) is 23.1 Å². The molecule has 2 aromatic heterocycles. The number of carbonyl (C=O) groups is 1. The standard InChI is InChI=1S/C25H33N7O2/c1-26-23(34)20-6-5-17(14-27-20)31-10-7-16(8-11-31)32-15-25(12-18(32)13-25)24-28-21-19(22(33)29-24)4-3-9-30(21)2/h5-6,14,16,18H,3-4,7-13,15H2,1-2H3,(H,26,34)(H,28,29,33). The Morgan fingerprint density at radius 1 is 1.18 bits per heavy atom. The van der Waals surface area contributed by atoms with Crippen LogP contribution in [0.25, 0.3) is 0 Å². The molecule has 6 heterocycles. The fourth-order valence-electron chi connectivity index (χ4n) is 6.55. The normalized spacial score (nSPS) is 26.8. The smallest absolute Gasteiger partial charge is 0.269 e. The number of amides is 1. The topological polar surface area (TPSA) is 97.5 Å². The summed E-state index contributed by atoms with van der Waals surface area (Å²) in [5.74, 6) is 1.64. The lowest BCUT2D eigenvalue weighted by Gasteiger charge is -2.40. The molecule has 2 aromatic rings. The van der Waals surface area contributed by atoms with Crippen LogP contribution in [0.3, 0.4) is 0 Å². The molecular weight excluding hydrogens is 430 g/mol. The van der Waals surface area contributed by atoms with Crippen molar-refractivity contribution >= 4 is 17.4 Å². The average molecular weight is 464 g/mol. The van der Waals surface area contributed by atoms with Gasteiger partial charge in [-0.05, 0) is 50.7 Å². The van der Waals surface area contributed by atoms with Crippen molar-refractivity contribution in [2.75, 3.05) is 50.1 Å². The third kappa shape index (κ3) is 3.40. The van der Waals surface area contributed by atoms with Crippen LogP contribution in [0.1, 0.15) is 54.0 Å². The summed E-state index contributed by atoms with van der Waals surface area (Å²) in [5.41, 5.74) is 2.45. The Morgan fingerprint density at radius 3 is 2.68 bits per heavy atom. The molecule has 9 heteroatoms. The van der Waals surface area contributed by atoms with E-state index in [2.05, 4.69) is 30.0 Å². The Labute approximate surface area is 199 Å². The highest BCUT2D eigenvalue weighted by Crippen LogP contribution is 2.53. The molecule has 180 valence electrons. The van der Waals surface area contributed by atoms with Gasteiger partial charge in [0, 0.05) is 57.8 Å². The maximum absolute atomic E-state index is 12.8. The number of fused-ring (bicyclic) bond motifs is 2. The van der Waals surface area contributed by atoms with Gasteiger partial charge in [-0.15, -0.1) is 0 Å². The Bertz CT molecular complexity index is 1150. The predicted octanol–water partition coefficient (Wildman–Crippen LogP) is 1.29. The Kier molecular flexibility index (Phi) is 5.13. The molecule has 5 aliphatic rings. The first-order valence-electron chi connectivity index (χ1n) is 12.5. The number of hydrogen-bond acceptors (Lipinski definition) is 7. The Hall–Kier alpha value is -2.94. The minimum absolute atomic E-state index is 0.00782. The van der Waals surface area contributed by atoms with Crippen LogP contribution in [-0.2, 0) is 11.8 Å². The van der Waals surface area contributed by atoms with Crippen molar-refractivity contribution in [3.05, 3.63) is 45.8 Å². The van der Waals surface area contributed by atoms with E-state index in [1.54, 1.807) is 13.1 Å². The number of nitrogens with one attached hydrogen (secondary N) is 2. The van der Waals surface area contributed by atoms with Crippen LogP contribution < -0.4 is 20.7 Å². The first kappa shape index (κ1) is 21.6. The van der Waals surface area contributed by atoms with Gasteiger partial charge in [0.25, 0.3) is 11.5 Å². The molecule has 4 fully saturated rings. The fraction of sp³-hybridized carbons (Fsp3) is 0.600. The van der Waals surface area contributed by atoms with Crippen molar-refractivity contribution in [3.63, 3.8) is 0 Å². The molecule has 34 heavy (non-hydrogen) atoms. The lowest BCUT2D eigenvalue weighted by atomic mass is 9.69. The van der Waals surface area contributed by atoms with E-state index in [1.807, 2.05) is 19.3 Å². The minimum Gasteiger partial charge on any atom is -0.370 e. The monoisotopic (exact) mass is 463 g/mol. The average Bonchev–Trinajstić information content (AvgIpc) is 3.42. The molecule has 2 N–H and O–H groups in total. The first-order chi connectivity index (χ1) is 16.5. The molecule has 0 radical (unpaired) electrons. The number of nitrogens with zero attached hydrogens (tertiary/aromatic N) is 5. The van der Waals surface area contributed by atoms with Crippen molar-refractivity contribution in [2.45, 2.75) is 56.0 Å². The number of H-pyrrole nitrogens is 1.